The highest BCUT2D eigenvalue weighted by atomic mass is 15.6. The Labute approximate surface area is 119 Å². The summed E-state index contributed by atoms with van der Waals surface area (Å²) in [6.45, 7) is 4.34. The molecule has 2 aromatic rings. The van der Waals surface area contributed by atoms with Crippen LogP contribution in [0.25, 0.3) is 11.4 Å². The molecule has 106 valence electrons. The minimum absolute atomic E-state index is 0.383. The molecule has 1 fully saturated rings. The molecule has 1 aromatic heterocycles. The number of aryl methyl sites for hydroxylation is 1. The van der Waals surface area contributed by atoms with E-state index in [1.807, 2.05) is 16.8 Å². The Morgan fingerprint density at radius 1 is 1.25 bits per heavy atom. The van der Waals surface area contributed by atoms with Gasteiger partial charge in [-0.15, -0.1) is 5.10 Å². The summed E-state index contributed by atoms with van der Waals surface area (Å²) < 4.78 is 1.98. The maximum atomic E-state index is 6.10. The molecule has 0 aliphatic heterocycles. The predicted molar refractivity (Wildman–Crippen MR) is 79.1 cm³/mol. The average Bonchev–Trinajstić information content (AvgIpc) is 2.91. The number of nitrogen functional groups attached to an aromatic ring is 1. The molecule has 2 atom stereocenters. The zero-order valence-electron chi connectivity index (χ0n) is 12.1. The van der Waals surface area contributed by atoms with Crippen molar-refractivity contribution in [3.05, 3.63) is 23.8 Å². The monoisotopic (exact) mass is 271 g/mol. The van der Waals surface area contributed by atoms with Crippen molar-refractivity contribution in [3.8, 4) is 11.4 Å². The molecule has 0 radical (unpaired) electrons. The van der Waals surface area contributed by atoms with E-state index in [0.29, 0.717) is 12.0 Å². The first-order valence-electron chi connectivity index (χ1n) is 7.31. The van der Waals surface area contributed by atoms with Crippen molar-refractivity contribution in [3.63, 3.8) is 0 Å². The molecule has 0 spiro atoms. The number of tetrazole rings is 1. The third kappa shape index (κ3) is 2.28. The first kappa shape index (κ1) is 13.1. The fourth-order valence-corrected chi connectivity index (χ4v) is 3.12. The summed E-state index contributed by atoms with van der Waals surface area (Å²) in [5.74, 6) is 1.40. The molecule has 1 heterocycles. The lowest BCUT2D eigenvalue weighted by Gasteiger charge is -2.29. The van der Waals surface area contributed by atoms with E-state index >= 15 is 0 Å². The number of nitrogens with zero attached hydrogens (tertiary/aromatic N) is 4. The van der Waals surface area contributed by atoms with Crippen LogP contribution in [0.1, 0.15) is 44.2 Å². The van der Waals surface area contributed by atoms with Gasteiger partial charge < -0.3 is 5.73 Å². The van der Waals surface area contributed by atoms with Gasteiger partial charge in [0.1, 0.15) is 0 Å². The molecule has 0 amide bonds. The van der Waals surface area contributed by atoms with Crippen molar-refractivity contribution < 1.29 is 0 Å². The molecule has 0 saturated heterocycles. The van der Waals surface area contributed by atoms with Gasteiger partial charge in [-0.25, -0.2) is 4.68 Å². The molecule has 1 aromatic carbocycles. The van der Waals surface area contributed by atoms with Crippen molar-refractivity contribution in [2.75, 3.05) is 5.73 Å². The second-order valence-corrected chi connectivity index (χ2v) is 5.87. The van der Waals surface area contributed by atoms with E-state index in [1.54, 1.807) is 0 Å². The van der Waals surface area contributed by atoms with Gasteiger partial charge in [-0.3, -0.25) is 0 Å². The third-order valence-electron chi connectivity index (χ3n) is 4.32. The predicted octanol–water partition coefficient (Wildman–Crippen LogP) is 2.98. The lowest BCUT2D eigenvalue weighted by Crippen LogP contribution is -2.23. The second kappa shape index (κ2) is 5.23. The molecule has 3 rings (SSSR count). The Balaban J connectivity index is 2.03. The zero-order valence-corrected chi connectivity index (χ0v) is 12.1. The van der Waals surface area contributed by atoms with Gasteiger partial charge in [0.15, 0.2) is 5.82 Å². The zero-order chi connectivity index (χ0) is 14.1. The van der Waals surface area contributed by atoms with Crippen molar-refractivity contribution >= 4 is 5.69 Å². The maximum absolute atomic E-state index is 6.10. The summed E-state index contributed by atoms with van der Waals surface area (Å²) in [4.78, 5) is 0. The van der Waals surface area contributed by atoms with Crippen LogP contribution >= 0.6 is 0 Å². The van der Waals surface area contributed by atoms with E-state index in [1.165, 1.54) is 24.8 Å². The highest BCUT2D eigenvalue weighted by Crippen LogP contribution is 2.36. The molecular formula is C15H21N5. The summed E-state index contributed by atoms with van der Waals surface area (Å²) in [5, 5.41) is 12.3. The number of aromatic nitrogens is 4. The van der Waals surface area contributed by atoms with Crippen LogP contribution in [-0.2, 0) is 0 Å². The van der Waals surface area contributed by atoms with Gasteiger partial charge >= 0.3 is 0 Å². The van der Waals surface area contributed by atoms with Crippen LogP contribution in [-0.4, -0.2) is 20.2 Å². The number of hydrogen-bond donors (Lipinski definition) is 1. The first-order valence-corrected chi connectivity index (χ1v) is 7.31. The maximum Gasteiger partial charge on any atom is 0.184 e. The van der Waals surface area contributed by atoms with E-state index in [0.717, 1.165) is 23.5 Å². The molecule has 5 heteroatoms. The van der Waals surface area contributed by atoms with Gasteiger partial charge in [0, 0.05) is 11.3 Å². The number of nitrogens with two attached hydrogens (primary N) is 1. The Morgan fingerprint density at radius 2 is 2.05 bits per heavy atom. The summed E-state index contributed by atoms with van der Waals surface area (Å²) in [5.41, 5.74) is 8.94. The highest BCUT2D eigenvalue weighted by molar-refractivity contribution is 5.72. The Hall–Kier alpha value is -1.91. The van der Waals surface area contributed by atoms with E-state index in [9.17, 15) is 0 Å². The molecule has 1 saturated carbocycles. The standard InChI is InChI=1S/C15H21N5/c1-10-7-8-13(16)12(9-10)15-17-18-19-20(15)14-6-4-3-5-11(14)2/h7-9,11,14H,3-6,16H2,1-2H3. The van der Waals surface area contributed by atoms with Crippen LogP contribution in [0, 0.1) is 12.8 Å². The van der Waals surface area contributed by atoms with Crippen molar-refractivity contribution in [2.45, 2.75) is 45.6 Å². The number of rotatable bonds is 2. The second-order valence-electron chi connectivity index (χ2n) is 5.87. The van der Waals surface area contributed by atoms with Crippen LogP contribution in [0.15, 0.2) is 18.2 Å². The van der Waals surface area contributed by atoms with Crippen molar-refractivity contribution in [1.29, 1.82) is 0 Å². The van der Waals surface area contributed by atoms with Crippen LogP contribution in [0.4, 0.5) is 5.69 Å². The molecule has 2 unspecified atom stereocenters. The molecule has 0 bridgehead atoms. The van der Waals surface area contributed by atoms with E-state index in [4.69, 9.17) is 5.73 Å². The topological polar surface area (TPSA) is 69.6 Å². The van der Waals surface area contributed by atoms with Crippen LogP contribution in [0.5, 0.6) is 0 Å². The fourth-order valence-electron chi connectivity index (χ4n) is 3.12. The van der Waals surface area contributed by atoms with E-state index in [2.05, 4.69) is 35.4 Å². The Morgan fingerprint density at radius 3 is 2.85 bits per heavy atom. The quantitative estimate of drug-likeness (QED) is 0.852. The van der Waals surface area contributed by atoms with Crippen LogP contribution in [0.2, 0.25) is 0 Å². The minimum Gasteiger partial charge on any atom is -0.398 e. The SMILES string of the molecule is Cc1ccc(N)c(-c2nnnn2C2CCCCC2C)c1. The molecule has 1 aliphatic rings. The van der Waals surface area contributed by atoms with Gasteiger partial charge in [0.2, 0.25) is 0 Å². The van der Waals surface area contributed by atoms with Crippen molar-refractivity contribution in [2.24, 2.45) is 5.92 Å². The van der Waals surface area contributed by atoms with Gasteiger partial charge in [-0.2, -0.15) is 0 Å². The lowest BCUT2D eigenvalue weighted by molar-refractivity contribution is 0.239. The van der Waals surface area contributed by atoms with Gasteiger partial charge in [-0.05, 0) is 48.2 Å². The average molecular weight is 271 g/mol. The number of hydrogen-bond acceptors (Lipinski definition) is 4. The summed E-state index contributed by atoms with van der Waals surface area (Å²) >= 11 is 0. The number of anilines is 1. The van der Waals surface area contributed by atoms with E-state index < -0.39 is 0 Å². The summed E-state index contributed by atoms with van der Waals surface area (Å²) in [7, 11) is 0. The molecule has 1 aliphatic carbocycles. The van der Waals surface area contributed by atoms with Gasteiger partial charge in [0.05, 0.1) is 6.04 Å². The summed E-state index contributed by atoms with van der Waals surface area (Å²) in [6.07, 6.45) is 4.94. The lowest BCUT2D eigenvalue weighted by atomic mass is 9.86. The van der Waals surface area contributed by atoms with Crippen LogP contribution < -0.4 is 5.73 Å². The largest absolute Gasteiger partial charge is 0.398 e. The van der Waals surface area contributed by atoms with Gasteiger partial charge in [-0.1, -0.05) is 31.4 Å². The normalized spacial score (nSPS) is 22.9. The third-order valence-corrected chi connectivity index (χ3v) is 4.32. The van der Waals surface area contributed by atoms with Crippen molar-refractivity contribution in [1.82, 2.24) is 20.2 Å². The Kier molecular flexibility index (Phi) is 3.42. The minimum atomic E-state index is 0.383. The first-order chi connectivity index (χ1) is 9.66. The Bertz CT molecular complexity index is 604. The molecular weight excluding hydrogens is 250 g/mol. The summed E-state index contributed by atoms with van der Waals surface area (Å²) in [6, 6.07) is 6.38. The van der Waals surface area contributed by atoms with Gasteiger partial charge in [0.25, 0.3) is 0 Å². The molecule has 2 N–H and O–H groups in total. The smallest absolute Gasteiger partial charge is 0.184 e. The van der Waals surface area contributed by atoms with Crippen LogP contribution in [0.3, 0.4) is 0 Å². The molecule has 20 heavy (non-hydrogen) atoms. The van der Waals surface area contributed by atoms with E-state index in [-0.39, 0.29) is 0 Å². The fraction of sp³-hybridized carbons (Fsp3) is 0.533. The highest BCUT2D eigenvalue weighted by Gasteiger charge is 2.27. The number of benzene rings is 1. The molecule has 5 nitrogen and oxygen atoms in total.